The minimum absolute atomic E-state index is 0.0633. The Balaban J connectivity index is 1.85. The third kappa shape index (κ3) is 6.39. The molecule has 6 nitrogen and oxygen atoms in total. The summed E-state index contributed by atoms with van der Waals surface area (Å²) >= 11 is 0. The van der Waals surface area contributed by atoms with Gasteiger partial charge in [0.2, 0.25) is 5.91 Å². The maximum atomic E-state index is 13.4. The zero-order valence-electron chi connectivity index (χ0n) is 19.1. The number of ether oxygens (including phenoxy) is 2. The summed E-state index contributed by atoms with van der Waals surface area (Å²) in [5, 5.41) is 2.89. The van der Waals surface area contributed by atoms with Crippen LogP contribution in [0.1, 0.15) is 34.5 Å². The molecule has 1 atom stereocenters. The number of carbonyl (C=O) groups is 2. The third-order valence-corrected chi connectivity index (χ3v) is 5.22. The van der Waals surface area contributed by atoms with Gasteiger partial charge in [-0.25, -0.2) is 0 Å². The van der Waals surface area contributed by atoms with E-state index in [0.29, 0.717) is 17.8 Å². The maximum absolute atomic E-state index is 13.4. The number of nitrogens with zero attached hydrogens (tertiary/aromatic N) is 1. The number of ketones is 1. The molecule has 0 fully saturated rings. The molecule has 0 spiro atoms. The van der Waals surface area contributed by atoms with Gasteiger partial charge in [0.25, 0.3) is 0 Å². The molecule has 1 amide bonds. The van der Waals surface area contributed by atoms with E-state index in [-0.39, 0.29) is 23.2 Å². The number of nitrogens with one attached hydrogen (secondary N) is 1. The van der Waals surface area contributed by atoms with Crippen LogP contribution in [0.25, 0.3) is 0 Å². The zero-order chi connectivity index (χ0) is 24.7. The second-order valence-electron chi connectivity index (χ2n) is 7.72. The predicted molar refractivity (Wildman–Crippen MR) is 125 cm³/mol. The molecule has 178 valence electrons. The number of hydrogen-bond acceptors (Lipinski definition) is 5. The van der Waals surface area contributed by atoms with Crippen LogP contribution in [0.15, 0.2) is 72.8 Å². The Kier molecular flexibility index (Phi) is 8.32. The largest absolute Gasteiger partial charge is 0.493 e. The molecule has 0 saturated heterocycles. The molecule has 1 N–H and O–H groups in total. The van der Waals surface area contributed by atoms with Gasteiger partial charge in [0.15, 0.2) is 17.3 Å². The summed E-state index contributed by atoms with van der Waals surface area (Å²) in [6, 6.07) is 20.0. The van der Waals surface area contributed by atoms with Crippen LogP contribution < -0.4 is 14.8 Å². The second kappa shape index (κ2) is 11.4. The molecule has 1 unspecified atom stereocenters. The molecular formula is C26H26F2N2O4. The molecule has 0 heterocycles. The van der Waals surface area contributed by atoms with Crippen molar-refractivity contribution < 1.29 is 27.8 Å². The van der Waals surface area contributed by atoms with Gasteiger partial charge in [0, 0.05) is 17.8 Å². The predicted octanol–water partition coefficient (Wildman–Crippen LogP) is 5.31. The van der Waals surface area contributed by atoms with Gasteiger partial charge in [-0.2, -0.15) is 8.78 Å². The van der Waals surface area contributed by atoms with E-state index in [4.69, 9.17) is 4.74 Å². The number of halogens is 2. The van der Waals surface area contributed by atoms with Gasteiger partial charge in [-0.15, -0.1) is 0 Å². The first kappa shape index (κ1) is 24.9. The van der Waals surface area contributed by atoms with E-state index in [9.17, 15) is 18.4 Å². The minimum atomic E-state index is -2.96. The van der Waals surface area contributed by atoms with Gasteiger partial charge in [0.1, 0.15) is 6.04 Å². The number of methoxy groups -OCH3 is 1. The Bertz CT molecular complexity index is 1140. The summed E-state index contributed by atoms with van der Waals surface area (Å²) < 4.78 is 34.9. The van der Waals surface area contributed by atoms with Crippen LogP contribution >= 0.6 is 0 Å². The summed E-state index contributed by atoms with van der Waals surface area (Å²) in [5.41, 5.74) is 2.53. The highest BCUT2D eigenvalue weighted by molar-refractivity contribution is 5.98. The fourth-order valence-electron chi connectivity index (χ4n) is 3.65. The Hall–Kier alpha value is -3.78. The topological polar surface area (TPSA) is 67.9 Å². The van der Waals surface area contributed by atoms with Crippen molar-refractivity contribution in [3.63, 3.8) is 0 Å². The number of carbonyl (C=O) groups excluding carboxylic acids is 2. The molecule has 0 aromatic heterocycles. The monoisotopic (exact) mass is 468 g/mol. The van der Waals surface area contributed by atoms with Gasteiger partial charge in [0.05, 0.1) is 7.11 Å². The highest BCUT2D eigenvalue weighted by Gasteiger charge is 2.26. The van der Waals surface area contributed by atoms with Crippen molar-refractivity contribution in [1.29, 1.82) is 0 Å². The number of amides is 1. The number of alkyl halides is 2. The fraction of sp³-hybridized carbons (Fsp3) is 0.231. The fourth-order valence-corrected chi connectivity index (χ4v) is 3.65. The van der Waals surface area contributed by atoms with Crippen LogP contribution in [0.3, 0.4) is 0 Å². The van der Waals surface area contributed by atoms with Crippen molar-refractivity contribution in [2.45, 2.75) is 26.1 Å². The lowest BCUT2D eigenvalue weighted by molar-refractivity contribution is -0.121. The summed E-state index contributed by atoms with van der Waals surface area (Å²) in [6.07, 6.45) is 0. The van der Waals surface area contributed by atoms with Gasteiger partial charge in [-0.3, -0.25) is 14.5 Å². The Morgan fingerprint density at radius 3 is 2.35 bits per heavy atom. The summed E-state index contributed by atoms with van der Waals surface area (Å²) in [7, 11) is 3.16. The molecule has 3 rings (SSSR count). The van der Waals surface area contributed by atoms with E-state index in [1.807, 2.05) is 35.2 Å². The molecule has 0 saturated carbocycles. The number of Topliss-reactive ketones (excluding diaryl/α,β-unsaturated/α-hetero) is 1. The van der Waals surface area contributed by atoms with Gasteiger partial charge < -0.3 is 14.8 Å². The van der Waals surface area contributed by atoms with Crippen molar-refractivity contribution in [3.8, 4) is 11.5 Å². The molecule has 34 heavy (non-hydrogen) atoms. The number of likely N-dealkylation sites (N-methyl/N-ethyl adjacent to an activating group) is 1. The lowest BCUT2D eigenvalue weighted by Gasteiger charge is -2.28. The number of anilines is 1. The lowest BCUT2D eigenvalue weighted by atomic mass is 10.0. The number of hydrogen-bond donors (Lipinski definition) is 1. The summed E-state index contributed by atoms with van der Waals surface area (Å²) in [4.78, 5) is 26.9. The Morgan fingerprint density at radius 2 is 1.71 bits per heavy atom. The van der Waals surface area contributed by atoms with E-state index < -0.39 is 12.7 Å². The van der Waals surface area contributed by atoms with Crippen LogP contribution in [0.2, 0.25) is 0 Å². The van der Waals surface area contributed by atoms with Crippen LogP contribution in [0.4, 0.5) is 14.5 Å². The van der Waals surface area contributed by atoms with E-state index in [1.54, 1.807) is 43.4 Å². The molecule has 0 aliphatic carbocycles. The van der Waals surface area contributed by atoms with E-state index in [0.717, 1.165) is 11.1 Å². The minimum Gasteiger partial charge on any atom is -0.493 e. The second-order valence-corrected chi connectivity index (χ2v) is 7.72. The Labute approximate surface area is 197 Å². The number of rotatable bonds is 10. The Morgan fingerprint density at radius 1 is 0.971 bits per heavy atom. The summed E-state index contributed by atoms with van der Waals surface area (Å²) in [5.74, 6) is -0.264. The first-order valence-electron chi connectivity index (χ1n) is 10.6. The van der Waals surface area contributed by atoms with E-state index in [1.165, 1.54) is 20.1 Å². The average molecular weight is 469 g/mol. The van der Waals surface area contributed by atoms with Crippen LogP contribution in [0, 0.1) is 0 Å². The standard InChI is InChI=1S/C26H26F2N2O4/c1-17(31)20-10-7-11-21(15-20)29-25(32)24(19-8-5-4-6-9-19)30(2)16-18-12-13-22(34-26(27)28)23(14-18)33-3/h4-15,24,26H,16H2,1-3H3,(H,29,32). The highest BCUT2D eigenvalue weighted by atomic mass is 19.3. The van der Waals surface area contributed by atoms with Crippen molar-refractivity contribution in [1.82, 2.24) is 4.90 Å². The van der Waals surface area contributed by atoms with Crippen LogP contribution in [0.5, 0.6) is 11.5 Å². The van der Waals surface area contributed by atoms with Crippen molar-refractivity contribution in [3.05, 3.63) is 89.5 Å². The molecule has 0 bridgehead atoms. The van der Waals surface area contributed by atoms with Gasteiger partial charge in [-0.05, 0) is 49.4 Å². The molecule has 3 aromatic rings. The molecule has 0 radical (unpaired) electrons. The zero-order valence-corrected chi connectivity index (χ0v) is 19.1. The molecule has 0 aliphatic heterocycles. The van der Waals surface area contributed by atoms with E-state index in [2.05, 4.69) is 10.1 Å². The first-order chi connectivity index (χ1) is 16.3. The third-order valence-electron chi connectivity index (χ3n) is 5.22. The van der Waals surface area contributed by atoms with E-state index >= 15 is 0 Å². The average Bonchev–Trinajstić information content (AvgIpc) is 2.80. The van der Waals surface area contributed by atoms with Crippen LogP contribution in [-0.2, 0) is 11.3 Å². The number of benzene rings is 3. The normalized spacial score (nSPS) is 11.9. The van der Waals surface area contributed by atoms with Gasteiger partial charge in [-0.1, -0.05) is 48.5 Å². The quantitative estimate of drug-likeness (QED) is 0.409. The molecule has 3 aromatic carbocycles. The highest BCUT2D eigenvalue weighted by Crippen LogP contribution is 2.31. The van der Waals surface area contributed by atoms with Crippen LogP contribution in [-0.4, -0.2) is 37.4 Å². The SMILES string of the molecule is COc1cc(CN(C)C(C(=O)Nc2cccc(C(C)=O)c2)c2ccccc2)ccc1OC(F)F. The molecular weight excluding hydrogens is 442 g/mol. The maximum Gasteiger partial charge on any atom is 0.387 e. The first-order valence-corrected chi connectivity index (χ1v) is 10.6. The molecule has 8 heteroatoms. The smallest absolute Gasteiger partial charge is 0.387 e. The summed E-state index contributed by atoms with van der Waals surface area (Å²) in [6.45, 7) is -1.17. The van der Waals surface area contributed by atoms with Gasteiger partial charge >= 0.3 is 6.61 Å². The molecule has 0 aliphatic rings. The van der Waals surface area contributed by atoms with Crippen molar-refractivity contribution in [2.24, 2.45) is 0 Å². The van der Waals surface area contributed by atoms with Crippen molar-refractivity contribution >= 4 is 17.4 Å². The lowest BCUT2D eigenvalue weighted by Crippen LogP contribution is -2.34. The van der Waals surface area contributed by atoms with Crippen molar-refractivity contribution in [2.75, 3.05) is 19.5 Å².